The van der Waals surface area contributed by atoms with Gasteiger partial charge in [-0.3, -0.25) is 9.97 Å². The van der Waals surface area contributed by atoms with Gasteiger partial charge >= 0.3 is 0 Å². The minimum absolute atomic E-state index is 0.141. The van der Waals surface area contributed by atoms with Gasteiger partial charge in [-0.25, -0.2) is 0 Å². The van der Waals surface area contributed by atoms with Crippen LogP contribution in [0.4, 0.5) is 0 Å². The summed E-state index contributed by atoms with van der Waals surface area (Å²) in [5.41, 5.74) is 4.96. The first-order valence-electron chi connectivity index (χ1n) is 8.83. The van der Waals surface area contributed by atoms with Crippen molar-refractivity contribution in [2.45, 2.75) is 11.8 Å². The number of pyridine rings is 2. The van der Waals surface area contributed by atoms with Crippen LogP contribution in [0.15, 0.2) is 110 Å². The molecule has 0 unspecified atom stereocenters. The van der Waals surface area contributed by atoms with Gasteiger partial charge in [0.25, 0.3) is 0 Å². The van der Waals surface area contributed by atoms with Gasteiger partial charge in [0.15, 0.2) is 0 Å². The monoisotopic (exact) mass is 336 g/mol. The molecule has 0 fully saturated rings. The van der Waals surface area contributed by atoms with Crippen molar-refractivity contribution in [2.24, 2.45) is 0 Å². The number of aromatic nitrogens is 2. The summed E-state index contributed by atoms with van der Waals surface area (Å²) in [6, 6.07) is 29.7. The van der Waals surface area contributed by atoms with Crippen molar-refractivity contribution in [3.8, 4) is 0 Å². The summed E-state index contributed by atoms with van der Waals surface area (Å²) < 4.78 is 0. The Balaban J connectivity index is 1.93. The average Bonchev–Trinajstić information content (AvgIpc) is 2.74. The van der Waals surface area contributed by atoms with E-state index in [0.717, 1.165) is 0 Å². The zero-order valence-corrected chi connectivity index (χ0v) is 14.4. The molecule has 0 bridgehead atoms. The molecular weight excluding hydrogens is 316 g/mol. The lowest BCUT2D eigenvalue weighted by Crippen LogP contribution is -2.15. The van der Waals surface area contributed by atoms with Crippen LogP contribution in [0.1, 0.15) is 34.1 Å². The third-order valence-corrected chi connectivity index (χ3v) is 4.74. The number of nitrogens with zero attached hydrogens (tertiary/aromatic N) is 2. The Morgan fingerprint density at radius 2 is 0.808 bits per heavy atom. The number of hydrogen-bond donors (Lipinski definition) is 0. The van der Waals surface area contributed by atoms with Crippen molar-refractivity contribution < 1.29 is 0 Å². The van der Waals surface area contributed by atoms with Gasteiger partial charge < -0.3 is 0 Å². The summed E-state index contributed by atoms with van der Waals surface area (Å²) in [6.45, 7) is 0. The Bertz CT molecular complexity index is 763. The van der Waals surface area contributed by atoms with Gasteiger partial charge in [-0.2, -0.15) is 0 Å². The van der Waals surface area contributed by atoms with Crippen LogP contribution in [-0.4, -0.2) is 9.97 Å². The fourth-order valence-electron chi connectivity index (χ4n) is 3.60. The Morgan fingerprint density at radius 1 is 0.423 bits per heavy atom. The minimum atomic E-state index is 0.141. The van der Waals surface area contributed by atoms with Gasteiger partial charge in [-0.1, -0.05) is 72.8 Å². The molecule has 0 atom stereocenters. The number of rotatable bonds is 5. The molecule has 2 heteroatoms. The fraction of sp³-hybridized carbons (Fsp3) is 0.0833. The highest BCUT2D eigenvalue weighted by Crippen LogP contribution is 2.42. The van der Waals surface area contributed by atoms with Gasteiger partial charge in [0.2, 0.25) is 0 Å². The molecule has 2 heterocycles. The Kier molecular flexibility index (Phi) is 4.83. The minimum Gasteiger partial charge on any atom is -0.264 e. The first-order valence-corrected chi connectivity index (χ1v) is 8.83. The van der Waals surface area contributed by atoms with Crippen LogP contribution in [0.25, 0.3) is 0 Å². The summed E-state index contributed by atoms with van der Waals surface area (Å²) in [5, 5.41) is 0. The zero-order valence-electron chi connectivity index (χ0n) is 14.4. The predicted octanol–water partition coefficient (Wildman–Crippen LogP) is 5.44. The van der Waals surface area contributed by atoms with Crippen LogP contribution in [0.5, 0.6) is 0 Å². The van der Waals surface area contributed by atoms with Crippen molar-refractivity contribution in [2.75, 3.05) is 0 Å². The molecule has 4 rings (SSSR count). The largest absolute Gasteiger partial charge is 0.264 e. The third kappa shape index (κ3) is 3.40. The SMILES string of the molecule is c1ccc(C(c2ccccc2)C(c2cccnc2)c2cccnc2)cc1. The smallest absolute Gasteiger partial charge is 0.0306 e. The summed E-state index contributed by atoms with van der Waals surface area (Å²) in [7, 11) is 0. The van der Waals surface area contributed by atoms with E-state index in [1.807, 2.05) is 36.9 Å². The maximum atomic E-state index is 4.38. The van der Waals surface area contributed by atoms with Crippen LogP contribution in [0.2, 0.25) is 0 Å². The molecule has 0 N–H and O–H groups in total. The predicted molar refractivity (Wildman–Crippen MR) is 105 cm³/mol. The summed E-state index contributed by atoms with van der Waals surface area (Å²) >= 11 is 0. The first kappa shape index (κ1) is 16.2. The topological polar surface area (TPSA) is 25.8 Å². The zero-order chi connectivity index (χ0) is 17.6. The van der Waals surface area contributed by atoms with Crippen molar-refractivity contribution in [3.63, 3.8) is 0 Å². The van der Waals surface area contributed by atoms with Crippen molar-refractivity contribution in [3.05, 3.63) is 132 Å². The second kappa shape index (κ2) is 7.75. The van der Waals surface area contributed by atoms with Gasteiger partial charge in [0.1, 0.15) is 0 Å². The lowest BCUT2D eigenvalue weighted by molar-refractivity contribution is 0.688. The van der Waals surface area contributed by atoms with E-state index in [-0.39, 0.29) is 11.8 Å². The van der Waals surface area contributed by atoms with E-state index >= 15 is 0 Å². The molecule has 2 aromatic heterocycles. The van der Waals surface area contributed by atoms with E-state index in [0.29, 0.717) is 0 Å². The van der Waals surface area contributed by atoms with E-state index in [9.17, 15) is 0 Å². The summed E-state index contributed by atoms with van der Waals surface area (Å²) in [4.78, 5) is 8.76. The van der Waals surface area contributed by atoms with E-state index in [1.165, 1.54) is 22.3 Å². The van der Waals surface area contributed by atoms with E-state index in [1.54, 1.807) is 0 Å². The second-order valence-corrected chi connectivity index (χ2v) is 6.35. The molecule has 26 heavy (non-hydrogen) atoms. The van der Waals surface area contributed by atoms with Crippen LogP contribution in [-0.2, 0) is 0 Å². The summed E-state index contributed by atoms with van der Waals surface area (Å²) in [6.07, 6.45) is 7.58. The van der Waals surface area contributed by atoms with Crippen molar-refractivity contribution >= 4 is 0 Å². The second-order valence-electron chi connectivity index (χ2n) is 6.35. The Hall–Kier alpha value is -3.26. The molecular formula is C24H20N2. The van der Waals surface area contributed by atoms with Crippen molar-refractivity contribution in [1.82, 2.24) is 9.97 Å². The number of hydrogen-bond acceptors (Lipinski definition) is 2. The number of benzene rings is 2. The highest BCUT2D eigenvalue weighted by molar-refractivity contribution is 5.43. The molecule has 0 spiro atoms. The van der Waals surface area contributed by atoms with Crippen LogP contribution < -0.4 is 0 Å². The highest BCUT2D eigenvalue weighted by Gasteiger charge is 2.28. The molecule has 126 valence electrons. The lowest BCUT2D eigenvalue weighted by atomic mass is 9.74. The molecule has 2 aromatic carbocycles. The maximum Gasteiger partial charge on any atom is 0.0306 e. The molecule has 0 saturated carbocycles. The molecule has 0 saturated heterocycles. The summed E-state index contributed by atoms with van der Waals surface area (Å²) in [5.74, 6) is 0.327. The Morgan fingerprint density at radius 3 is 1.19 bits per heavy atom. The molecule has 2 nitrogen and oxygen atoms in total. The fourth-order valence-corrected chi connectivity index (χ4v) is 3.60. The third-order valence-electron chi connectivity index (χ3n) is 4.74. The highest BCUT2D eigenvalue weighted by atomic mass is 14.6. The molecule has 4 aromatic rings. The van der Waals surface area contributed by atoms with Crippen LogP contribution in [0.3, 0.4) is 0 Å². The molecule has 0 amide bonds. The van der Waals surface area contributed by atoms with Gasteiger partial charge in [0.05, 0.1) is 0 Å². The maximum absolute atomic E-state index is 4.38. The van der Waals surface area contributed by atoms with Crippen molar-refractivity contribution in [1.29, 1.82) is 0 Å². The average molecular weight is 336 g/mol. The standard InChI is InChI=1S/C24H20N2/c1-3-9-19(10-4-1)23(20-11-5-2-6-12-20)24(21-13-7-15-25-17-21)22-14-8-16-26-18-22/h1-18,23-24H. The molecule has 0 aliphatic carbocycles. The molecule has 0 radical (unpaired) electrons. The quantitative estimate of drug-likeness (QED) is 0.485. The van der Waals surface area contributed by atoms with Crippen LogP contribution in [0, 0.1) is 0 Å². The van der Waals surface area contributed by atoms with E-state index < -0.39 is 0 Å². The molecule has 0 aliphatic rings. The first-order chi connectivity index (χ1) is 12.9. The van der Waals surface area contributed by atoms with E-state index in [4.69, 9.17) is 0 Å². The normalized spacial score (nSPS) is 11.0. The lowest BCUT2D eigenvalue weighted by Gasteiger charge is -2.29. The van der Waals surface area contributed by atoms with E-state index in [2.05, 4.69) is 82.8 Å². The van der Waals surface area contributed by atoms with Crippen LogP contribution >= 0.6 is 0 Å². The van der Waals surface area contributed by atoms with Gasteiger partial charge in [-0.05, 0) is 34.4 Å². The van der Waals surface area contributed by atoms with Gasteiger partial charge in [0, 0.05) is 36.6 Å². The molecule has 0 aliphatic heterocycles. The van der Waals surface area contributed by atoms with Gasteiger partial charge in [-0.15, -0.1) is 0 Å². The Labute approximate surface area is 154 Å².